The van der Waals surface area contributed by atoms with Crippen molar-refractivity contribution in [1.29, 1.82) is 0 Å². The van der Waals surface area contributed by atoms with Crippen LogP contribution in [0.1, 0.15) is 11.4 Å². The van der Waals surface area contributed by atoms with Crippen LogP contribution in [-0.2, 0) is 6.54 Å². The molecule has 1 aromatic heterocycles. The third-order valence-corrected chi connectivity index (χ3v) is 4.93. The Kier molecular flexibility index (Phi) is 3.10. The molecule has 0 radical (unpaired) electrons. The summed E-state index contributed by atoms with van der Waals surface area (Å²) in [6.07, 6.45) is 0. The van der Waals surface area contributed by atoms with Crippen molar-refractivity contribution in [3.8, 4) is 0 Å². The van der Waals surface area contributed by atoms with Crippen LogP contribution in [0.15, 0.2) is 24.3 Å². The molecule has 1 aromatic carbocycles. The third-order valence-electron chi connectivity index (χ3n) is 2.86. The Labute approximate surface area is 103 Å². The first-order valence-electron chi connectivity index (χ1n) is 5.79. The Morgan fingerprint density at radius 3 is 2.24 bits per heavy atom. The monoisotopic (exact) mass is 246 g/mol. The van der Waals surface area contributed by atoms with Crippen LogP contribution in [0.25, 0.3) is 0 Å². The minimum Gasteiger partial charge on any atom is -0.225 e. The van der Waals surface area contributed by atoms with Crippen LogP contribution in [0.3, 0.4) is 0 Å². The van der Waals surface area contributed by atoms with E-state index in [4.69, 9.17) is 0 Å². The molecule has 2 aromatic rings. The zero-order valence-corrected chi connectivity index (χ0v) is 11.8. The molecule has 90 valence electrons. The van der Waals surface area contributed by atoms with E-state index in [2.05, 4.69) is 59.4 Å². The molecule has 0 bridgehead atoms. The van der Waals surface area contributed by atoms with Gasteiger partial charge in [0.1, 0.15) is 5.82 Å². The maximum atomic E-state index is 3.95. The lowest BCUT2D eigenvalue weighted by molar-refractivity contribution is 0.633. The van der Waals surface area contributed by atoms with Gasteiger partial charge < -0.3 is 0 Å². The van der Waals surface area contributed by atoms with Gasteiger partial charge in [0.2, 0.25) is 0 Å². The quantitative estimate of drug-likeness (QED) is 0.772. The fourth-order valence-corrected chi connectivity index (χ4v) is 2.85. The van der Waals surface area contributed by atoms with Crippen LogP contribution < -0.4 is 5.19 Å². The standard InChI is InChI=1S/C12H18N4Si/c1-10-13-14-15-16(10)9-11-5-7-12(8-6-11)17(2,3)4/h5-8H,9H2,1-4H3. The van der Waals surface area contributed by atoms with E-state index in [-0.39, 0.29) is 0 Å². The predicted octanol–water partition coefficient (Wildman–Crippen LogP) is 1.58. The second kappa shape index (κ2) is 4.41. The van der Waals surface area contributed by atoms with Gasteiger partial charge in [0.05, 0.1) is 14.6 Å². The summed E-state index contributed by atoms with van der Waals surface area (Å²) >= 11 is 0. The van der Waals surface area contributed by atoms with Crippen molar-refractivity contribution in [2.75, 3.05) is 0 Å². The van der Waals surface area contributed by atoms with Gasteiger partial charge in [-0.3, -0.25) is 0 Å². The molecule has 5 heteroatoms. The number of tetrazole rings is 1. The molecule has 0 fully saturated rings. The van der Waals surface area contributed by atoms with E-state index in [9.17, 15) is 0 Å². The van der Waals surface area contributed by atoms with Crippen molar-refractivity contribution in [2.24, 2.45) is 0 Å². The summed E-state index contributed by atoms with van der Waals surface area (Å²) in [5.41, 5.74) is 1.24. The van der Waals surface area contributed by atoms with Gasteiger partial charge in [-0.2, -0.15) is 0 Å². The smallest absolute Gasteiger partial charge is 0.148 e. The van der Waals surface area contributed by atoms with Crippen LogP contribution in [0, 0.1) is 6.92 Å². The third kappa shape index (κ3) is 2.79. The first-order chi connectivity index (χ1) is 7.97. The molecular formula is C12H18N4Si. The summed E-state index contributed by atoms with van der Waals surface area (Å²) in [4.78, 5) is 0. The summed E-state index contributed by atoms with van der Waals surface area (Å²) in [6.45, 7) is 9.72. The molecule has 0 aliphatic carbocycles. The molecule has 0 spiro atoms. The van der Waals surface area contributed by atoms with Crippen molar-refractivity contribution < 1.29 is 0 Å². The van der Waals surface area contributed by atoms with E-state index < -0.39 is 8.07 Å². The van der Waals surface area contributed by atoms with Crippen molar-refractivity contribution in [2.45, 2.75) is 33.1 Å². The number of nitrogens with zero attached hydrogens (tertiary/aromatic N) is 4. The fraction of sp³-hybridized carbons (Fsp3) is 0.417. The molecule has 1 heterocycles. The van der Waals surface area contributed by atoms with Gasteiger partial charge in [-0.25, -0.2) is 4.68 Å². The number of hydrogen-bond acceptors (Lipinski definition) is 3. The molecule has 2 rings (SSSR count). The van der Waals surface area contributed by atoms with Gasteiger partial charge in [-0.1, -0.05) is 49.1 Å². The largest absolute Gasteiger partial charge is 0.225 e. The fourth-order valence-electron chi connectivity index (χ4n) is 1.68. The van der Waals surface area contributed by atoms with Crippen LogP contribution >= 0.6 is 0 Å². The lowest BCUT2D eigenvalue weighted by Gasteiger charge is -2.16. The highest BCUT2D eigenvalue weighted by Crippen LogP contribution is 2.06. The average molecular weight is 246 g/mol. The van der Waals surface area contributed by atoms with Crippen molar-refractivity contribution >= 4 is 13.3 Å². The second-order valence-corrected chi connectivity index (χ2v) is 10.4. The maximum Gasteiger partial charge on any atom is 0.148 e. The highest BCUT2D eigenvalue weighted by molar-refractivity contribution is 6.88. The van der Waals surface area contributed by atoms with Gasteiger partial charge in [-0.15, -0.1) is 5.10 Å². The summed E-state index contributed by atoms with van der Waals surface area (Å²) in [5.74, 6) is 0.847. The van der Waals surface area contributed by atoms with Crippen molar-refractivity contribution in [1.82, 2.24) is 20.2 Å². The van der Waals surface area contributed by atoms with E-state index in [0.29, 0.717) is 0 Å². The first-order valence-corrected chi connectivity index (χ1v) is 9.29. The van der Waals surface area contributed by atoms with Gasteiger partial charge in [0.25, 0.3) is 0 Å². The lowest BCUT2D eigenvalue weighted by Crippen LogP contribution is -2.37. The minimum atomic E-state index is -1.19. The summed E-state index contributed by atoms with van der Waals surface area (Å²) < 4.78 is 1.81. The summed E-state index contributed by atoms with van der Waals surface area (Å²) in [7, 11) is -1.19. The van der Waals surface area contributed by atoms with Gasteiger partial charge >= 0.3 is 0 Å². The zero-order chi connectivity index (χ0) is 12.5. The van der Waals surface area contributed by atoms with Crippen molar-refractivity contribution in [3.63, 3.8) is 0 Å². The number of benzene rings is 1. The number of rotatable bonds is 3. The summed E-state index contributed by atoms with van der Waals surface area (Å²) in [5, 5.41) is 13.0. The van der Waals surface area contributed by atoms with Gasteiger partial charge in [0.15, 0.2) is 0 Å². The topological polar surface area (TPSA) is 43.6 Å². The van der Waals surface area contributed by atoms with Crippen LogP contribution in [0.4, 0.5) is 0 Å². The van der Waals surface area contributed by atoms with E-state index >= 15 is 0 Å². The van der Waals surface area contributed by atoms with Crippen LogP contribution in [0.2, 0.25) is 19.6 Å². The number of aromatic nitrogens is 4. The molecule has 0 unspecified atom stereocenters. The maximum absolute atomic E-state index is 3.95. The average Bonchev–Trinajstić information content (AvgIpc) is 2.64. The van der Waals surface area contributed by atoms with Crippen molar-refractivity contribution in [3.05, 3.63) is 35.7 Å². The molecule has 17 heavy (non-hydrogen) atoms. The predicted molar refractivity (Wildman–Crippen MR) is 71.1 cm³/mol. The van der Waals surface area contributed by atoms with E-state index in [1.54, 1.807) is 0 Å². The second-order valence-electron chi connectivity index (χ2n) is 5.33. The van der Waals surface area contributed by atoms with E-state index in [0.717, 1.165) is 12.4 Å². The molecule has 0 N–H and O–H groups in total. The molecule has 4 nitrogen and oxygen atoms in total. The van der Waals surface area contributed by atoms with Crippen LogP contribution in [0.5, 0.6) is 0 Å². The van der Waals surface area contributed by atoms with Crippen LogP contribution in [-0.4, -0.2) is 28.3 Å². The number of aryl methyl sites for hydroxylation is 1. The Hall–Kier alpha value is -1.49. The number of hydrogen-bond donors (Lipinski definition) is 0. The highest BCUT2D eigenvalue weighted by Gasteiger charge is 2.15. The van der Waals surface area contributed by atoms with E-state index in [1.165, 1.54) is 10.8 Å². The molecular weight excluding hydrogens is 228 g/mol. The molecule has 0 saturated heterocycles. The lowest BCUT2D eigenvalue weighted by atomic mass is 10.2. The SMILES string of the molecule is Cc1nnnn1Cc1ccc([Si](C)(C)C)cc1. The Bertz CT molecular complexity index is 496. The van der Waals surface area contributed by atoms with Gasteiger partial charge in [0, 0.05) is 0 Å². The van der Waals surface area contributed by atoms with Gasteiger partial charge in [-0.05, 0) is 22.9 Å². The van der Waals surface area contributed by atoms with E-state index in [1.807, 2.05) is 11.6 Å². The minimum absolute atomic E-state index is 0.741. The molecule has 0 amide bonds. The molecule has 0 atom stereocenters. The highest BCUT2D eigenvalue weighted by atomic mass is 28.3. The first kappa shape index (κ1) is 12.0. The summed E-state index contributed by atoms with van der Waals surface area (Å²) in [6, 6.07) is 8.83. The Balaban J connectivity index is 2.17. The Morgan fingerprint density at radius 1 is 1.12 bits per heavy atom. The normalized spacial score (nSPS) is 11.8. The zero-order valence-electron chi connectivity index (χ0n) is 10.8. The molecule has 0 saturated carbocycles. The Morgan fingerprint density at radius 2 is 1.76 bits per heavy atom. The molecule has 0 aliphatic heterocycles. The molecule has 0 aliphatic rings.